The molecule has 1 saturated heterocycles. The summed E-state index contributed by atoms with van der Waals surface area (Å²) in [6.45, 7) is 1.03. The normalized spacial score (nSPS) is 16.4. The number of nitrogens with one attached hydrogen (secondary N) is 1. The van der Waals surface area contributed by atoms with E-state index in [4.69, 9.17) is 4.74 Å². The average Bonchev–Trinajstić information content (AvgIpc) is 3.17. The number of carbonyl (C=O) groups excluding carboxylic acids is 1. The summed E-state index contributed by atoms with van der Waals surface area (Å²) in [5.41, 5.74) is 2.11. The van der Waals surface area contributed by atoms with Crippen molar-refractivity contribution in [3.63, 3.8) is 0 Å². The Labute approximate surface area is 159 Å². The predicted octanol–water partition coefficient (Wildman–Crippen LogP) is 2.37. The Kier molecular flexibility index (Phi) is 6.91. The molecule has 2 aromatic rings. The quantitative estimate of drug-likeness (QED) is 0.772. The molecule has 1 fully saturated rings. The molecule has 3 rings (SSSR count). The van der Waals surface area contributed by atoms with Gasteiger partial charge >= 0.3 is 0 Å². The lowest BCUT2D eigenvalue weighted by Gasteiger charge is -2.17. The second-order valence-corrected chi connectivity index (χ2v) is 7.46. The molecule has 1 amide bonds. The molecule has 1 unspecified atom stereocenters. The molecule has 0 aliphatic carbocycles. The standard InChI is InChI=1S/C20H25N3O2S/c1-23(20(24)13-17-4-2-3-9-21-17)10-11-25-19-7-5-16(6-8-19)12-18-14-26-15-22-18/h2-9,18,22H,10-15H2,1H3. The highest BCUT2D eigenvalue weighted by molar-refractivity contribution is 7.99. The molecule has 0 saturated carbocycles. The van der Waals surface area contributed by atoms with Crippen molar-refractivity contribution in [2.75, 3.05) is 31.8 Å². The van der Waals surface area contributed by atoms with Crippen LogP contribution >= 0.6 is 11.8 Å². The number of nitrogens with zero attached hydrogens (tertiary/aromatic N) is 2. The second kappa shape index (κ2) is 9.59. The number of aromatic nitrogens is 1. The van der Waals surface area contributed by atoms with Gasteiger partial charge in [-0.15, -0.1) is 11.8 Å². The monoisotopic (exact) mass is 371 g/mol. The molecular weight excluding hydrogens is 346 g/mol. The SMILES string of the molecule is CN(CCOc1ccc(CC2CSCN2)cc1)C(=O)Cc1ccccn1. The van der Waals surface area contributed by atoms with E-state index in [1.807, 2.05) is 42.1 Å². The van der Waals surface area contributed by atoms with Gasteiger partial charge < -0.3 is 15.0 Å². The zero-order valence-electron chi connectivity index (χ0n) is 15.1. The molecule has 1 aliphatic heterocycles. The molecular formula is C20H25N3O2S. The van der Waals surface area contributed by atoms with E-state index in [1.165, 1.54) is 11.3 Å². The lowest BCUT2D eigenvalue weighted by Crippen LogP contribution is -2.32. The Morgan fingerprint density at radius 2 is 2.15 bits per heavy atom. The van der Waals surface area contributed by atoms with Crippen molar-refractivity contribution < 1.29 is 9.53 Å². The fourth-order valence-electron chi connectivity index (χ4n) is 2.79. The summed E-state index contributed by atoms with van der Waals surface area (Å²) in [5.74, 6) is 3.12. The molecule has 1 aliphatic rings. The first-order valence-corrected chi connectivity index (χ1v) is 10.0. The molecule has 0 spiro atoms. The van der Waals surface area contributed by atoms with E-state index >= 15 is 0 Å². The van der Waals surface area contributed by atoms with Crippen LogP contribution in [0.25, 0.3) is 0 Å². The number of hydrogen-bond donors (Lipinski definition) is 1. The van der Waals surface area contributed by atoms with E-state index in [1.54, 1.807) is 18.1 Å². The predicted molar refractivity (Wildman–Crippen MR) is 105 cm³/mol. The van der Waals surface area contributed by atoms with E-state index in [2.05, 4.69) is 22.4 Å². The molecule has 5 nitrogen and oxygen atoms in total. The van der Waals surface area contributed by atoms with Gasteiger partial charge in [-0.25, -0.2) is 0 Å². The first-order chi connectivity index (χ1) is 12.7. The van der Waals surface area contributed by atoms with Gasteiger partial charge in [-0.2, -0.15) is 0 Å². The first kappa shape index (κ1) is 18.7. The van der Waals surface area contributed by atoms with Crippen LogP contribution in [0.1, 0.15) is 11.3 Å². The fraction of sp³-hybridized carbons (Fsp3) is 0.400. The number of benzene rings is 1. The minimum atomic E-state index is 0.0459. The maximum absolute atomic E-state index is 12.2. The summed E-state index contributed by atoms with van der Waals surface area (Å²) < 4.78 is 5.77. The molecule has 26 heavy (non-hydrogen) atoms. The van der Waals surface area contributed by atoms with Crippen LogP contribution in [0, 0.1) is 0 Å². The van der Waals surface area contributed by atoms with Crippen LogP contribution < -0.4 is 10.1 Å². The van der Waals surface area contributed by atoms with Crippen molar-refractivity contribution in [3.8, 4) is 5.75 Å². The lowest BCUT2D eigenvalue weighted by molar-refractivity contribution is -0.129. The number of likely N-dealkylation sites (N-methyl/N-ethyl adjacent to an activating group) is 1. The van der Waals surface area contributed by atoms with Gasteiger partial charge in [0.15, 0.2) is 0 Å². The van der Waals surface area contributed by atoms with Crippen molar-refractivity contribution in [2.24, 2.45) is 0 Å². The Hall–Kier alpha value is -2.05. The van der Waals surface area contributed by atoms with Crippen LogP contribution in [0.4, 0.5) is 0 Å². The van der Waals surface area contributed by atoms with E-state index in [-0.39, 0.29) is 5.91 Å². The number of rotatable bonds is 8. The topological polar surface area (TPSA) is 54.5 Å². The van der Waals surface area contributed by atoms with Crippen molar-refractivity contribution in [2.45, 2.75) is 18.9 Å². The van der Waals surface area contributed by atoms with E-state index < -0.39 is 0 Å². The zero-order chi connectivity index (χ0) is 18.2. The summed E-state index contributed by atoms with van der Waals surface area (Å²) in [6.07, 6.45) is 3.08. The number of ether oxygens (including phenoxy) is 1. The average molecular weight is 372 g/mol. The minimum absolute atomic E-state index is 0.0459. The summed E-state index contributed by atoms with van der Waals surface area (Å²) in [4.78, 5) is 18.1. The largest absolute Gasteiger partial charge is 0.492 e. The molecule has 1 aromatic heterocycles. The van der Waals surface area contributed by atoms with Crippen LogP contribution in [0.5, 0.6) is 5.75 Å². The Morgan fingerprint density at radius 1 is 1.31 bits per heavy atom. The summed E-state index contributed by atoms with van der Waals surface area (Å²) in [5, 5.41) is 3.48. The van der Waals surface area contributed by atoms with Crippen LogP contribution in [0.2, 0.25) is 0 Å². The van der Waals surface area contributed by atoms with Gasteiger partial charge in [0.25, 0.3) is 0 Å². The van der Waals surface area contributed by atoms with Gasteiger partial charge in [-0.05, 0) is 36.2 Å². The van der Waals surface area contributed by atoms with Crippen LogP contribution in [-0.4, -0.2) is 53.7 Å². The molecule has 0 bridgehead atoms. The van der Waals surface area contributed by atoms with Crippen molar-refractivity contribution in [1.82, 2.24) is 15.2 Å². The van der Waals surface area contributed by atoms with Crippen molar-refractivity contribution in [1.29, 1.82) is 0 Å². The second-order valence-electron chi connectivity index (χ2n) is 6.43. The Bertz CT molecular complexity index is 688. The van der Waals surface area contributed by atoms with Gasteiger partial charge in [-0.1, -0.05) is 18.2 Å². The summed E-state index contributed by atoms with van der Waals surface area (Å²) >= 11 is 1.95. The number of thioether (sulfide) groups is 1. The zero-order valence-corrected chi connectivity index (χ0v) is 15.9. The van der Waals surface area contributed by atoms with Gasteiger partial charge in [0.05, 0.1) is 13.0 Å². The van der Waals surface area contributed by atoms with Gasteiger partial charge in [0.2, 0.25) is 5.91 Å². The Balaban J connectivity index is 1.39. The van der Waals surface area contributed by atoms with Crippen LogP contribution in [0.15, 0.2) is 48.7 Å². The number of hydrogen-bond acceptors (Lipinski definition) is 5. The number of carbonyl (C=O) groups is 1. The lowest BCUT2D eigenvalue weighted by atomic mass is 10.1. The van der Waals surface area contributed by atoms with Crippen molar-refractivity contribution in [3.05, 3.63) is 59.9 Å². The molecule has 6 heteroatoms. The van der Waals surface area contributed by atoms with Gasteiger partial charge in [-0.3, -0.25) is 9.78 Å². The maximum Gasteiger partial charge on any atom is 0.228 e. The van der Waals surface area contributed by atoms with Gasteiger partial charge in [0.1, 0.15) is 12.4 Å². The molecule has 2 heterocycles. The molecule has 138 valence electrons. The fourth-order valence-corrected chi connectivity index (χ4v) is 3.78. The molecule has 1 N–H and O–H groups in total. The van der Waals surface area contributed by atoms with Crippen molar-refractivity contribution >= 4 is 17.7 Å². The van der Waals surface area contributed by atoms with Crippen LogP contribution in [0.3, 0.4) is 0 Å². The highest BCUT2D eigenvalue weighted by atomic mass is 32.2. The third-order valence-electron chi connectivity index (χ3n) is 4.38. The third-order valence-corrected chi connectivity index (χ3v) is 5.39. The maximum atomic E-state index is 12.2. The highest BCUT2D eigenvalue weighted by Crippen LogP contribution is 2.17. The molecule has 1 aromatic carbocycles. The van der Waals surface area contributed by atoms with E-state index in [9.17, 15) is 4.79 Å². The summed E-state index contributed by atoms with van der Waals surface area (Å²) in [7, 11) is 1.80. The minimum Gasteiger partial charge on any atom is -0.492 e. The highest BCUT2D eigenvalue weighted by Gasteiger charge is 2.14. The number of pyridine rings is 1. The Morgan fingerprint density at radius 3 is 2.85 bits per heavy atom. The van der Waals surface area contributed by atoms with Crippen LogP contribution in [-0.2, 0) is 17.6 Å². The summed E-state index contributed by atoms with van der Waals surface area (Å²) in [6, 6.07) is 14.4. The molecule has 1 atom stereocenters. The van der Waals surface area contributed by atoms with E-state index in [0.717, 1.165) is 23.7 Å². The molecule has 0 radical (unpaired) electrons. The van der Waals surface area contributed by atoms with E-state index in [0.29, 0.717) is 25.6 Å². The smallest absolute Gasteiger partial charge is 0.228 e. The number of amides is 1. The third kappa shape index (κ3) is 5.75. The van der Waals surface area contributed by atoms with Gasteiger partial charge in [0, 0.05) is 36.6 Å². The first-order valence-electron chi connectivity index (χ1n) is 8.87.